The van der Waals surface area contributed by atoms with Gasteiger partial charge in [0.15, 0.2) is 0 Å². The highest BCUT2D eigenvalue weighted by molar-refractivity contribution is 7.89. The van der Waals surface area contributed by atoms with Gasteiger partial charge in [0, 0.05) is 18.5 Å². The third-order valence-electron chi connectivity index (χ3n) is 3.04. The van der Waals surface area contributed by atoms with Crippen LogP contribution in [-0.2, 0) is 19.6 Å². The lowest BCUT2D eigenvalue weighted by molar-refractivity contribution is -0.274. The minimum Gasteiger partial charge on any atom is -0.481 e. The van der Waals surface area contributed by atoms with Gasteiger partial charge < -0.3 is 15.2 Å². The number of halogens is 3. The van der Waals surface area contributed by atoms with Crippen LogP contribution < -0.4 is 10.1 Å². The van der Waals surface area contributed by atoms with E-state index in [0.29, 0.717) is 10.4 Å². The molecule has 136 valence electrons. The molecule has 0 saturated carbocycles. The molecule has 0 spiro atoms. The average molecular weight is 380 g/mol. The van der Waals surface area contributed by atoms with Crippen molar-refractivity contribution in [3.05, 3.63) is 36.7 Å². The van der Waals surface area contributed by atoms with Gasteiger partial charge in [-0.05, 0) is 12.1 Å². The first-order chi connectivity index (χ1) is 11.5. The van der Waals surface area contributed by atoms with E-state index >= 15 is 0 Å². The maximum atomic E-state index is 12.6. The molecule has 1 amide bonds. The van der Waals surface area contributed by atoms with Crippen molar-refractivity contribution in [3.63, 3.8) is 0 Å². The van der Waals surface area contributed by atoms with Gasteiger partial charge in [-0.25, -0.2) is 8.42 Å². The maximum absolute atomic E-state index is 12.6. The first kappa shape index (κ1) is 18.6. The number of ether oxygens (including phenoxy) is 1. The number of nitrogens with zero attached hydrogens (tertiary/aromatic N) is 1. The Kier molecular flexibility index (Phi) is 4.92. The molecule has 1 aromatic carbocycles. The molecular formula is C13H11F3N2O6S. The molecule has 25 heavy (non-hydrogen) atoms. The van der Waals surface area contributed by atoms with Crippen LogP contribution in [0.15, 0.2) is 41.6 Å². The lowest BCUT2D eigenvalue weighted by Gasteiger charge is -2.30. The normalized spacial score (nSPS) is 18.0. The highest BCUT2D eigenvalue weighted by Crippen LogP contribution is 2.28. The summed E-state index contributed by atoms with van der Waals surface area (Å²) >= 11 is 0. The molecule has 2 N–H and O–H groups in total. The number of sulfonamides is 1. The van der Waals surface area contributed by atoms with Crippen molar-refractivity contribution in [1.29, 1.82) is 0 Å². The third-order valence-corrected chi connectivity index (χ3v) is 4.82. The van der Waals surface area contributed by atoms with E-state index in [9.17, 15) is 31.2 Å². The van der Waals surface area contributed by atoms with Crippen LogP contribution in [0.3, 0.4) is 0 Å². The molecule has 2 rings (SSSR count). The monoisotopic (exact) mass is 380 g/mol. The van der Waals surface area contributed by atoms with Gasteiger partial charge in [-0.3, -0.25) is 13.9 Å². The number of aliphatic carboxylic acids is 1. The van der Waals surface area contributed by atoms with Crippen molar-refractivity contribution in [1.82, 2.24) is 9.62 Å². The number of benzene rings is 1. The van der Waals surface area contributed by atoms with Crippen molar-refractivity contribution >= 4 is 21.9 Å². The summed E-state index contributed by atoms with van der Waals surface area (Å²) in [6.45, 7) is 0. The zero-order chi connectivity index (χ0) is 18.8. The van der Waals surface area contributed by atoms with Crippen LogP contribution in [0.5, 0.6) is 5.75 Å². The second-order valence-electron chi connectivity index (χ2n) is 4.80. The molecule has 1 atom stereocenters. The van der Waals surface area contributed by atoms with Gasteiger partial charge in [0.25, 0.3) is 10.0 Å². The van der Waals surface area contributed by atoms with E-state index in [1.807, 2.05) is 0 Å². The van der Waals surface area contributed by atoms with Gasteiger partial charge in [0.2, 0.25) is 5.91 Å². The number of alkyl halides is 3. The molecule has 1 aromatic rings. The van der Waals surface area contributed by atoms with Crippen LogP contribution in [0, 0.1) is 0 Å². The summed E-state index contributed by atoms with van der Waals surface area (Å²) in [7, 11) is -4.49. The molecule has 0 aromatic heterocycles. The SMILES string of the molecule is O=C(O)CC1C(=O)NC=CN1S(=O)(=O)c1cccc(OC(F)(F)F)c1. The molecule has 1 unspecified atom stereocenters. The van der Waals surface area contributed by atoms with Crippen molar-refractivity contribution in [3.8, 4) is 5.75 Å². The number of hydrogen-bond donors (Lipinski definition) is 2. The molecule has 1 aliphatic rings. The average Bonchev–Trinajstić information content (AvgIpc) is 2.47. The van der Waals surface area contributed by atoms with Crippen LogP contribution in [0.4, 0.5) is 13.2 Å². The van der Waals surface area contributed by atoms with E-state index in [2.05, 4.69) is 10.1 Å². The molecule has 12 heteroatoms. The Balaban J connectivity index is 2.41. The van der Waals surface area contributed by atoms with E-state index in [0.717, 1.165) is 30.6 Å². The summed E-state index contributed by atoms with van der Waals surface area (Å²) in [6.07, 6.45) is -3.94. The van der Waals surface area contributed by atoms with Gasteiger partial charge in [-0.15, -0.1) is 13.2 Å². The van der Waals surface area contributed by atoms with E-state index in [4.69, 9.17) is 5.11 Å². The smallest absolute Gasteiger partial charge is 0.481 e. The summed E-state index contributed by atoms with van der Waals surface area (Å²) in [5.41, 5.74) is 0. The van der Waals surface area contributed by atoms with Crippen LogP contribution in [0.25, 0.3) is 0 Å². The van der Waals surface area contributed by atoms with Crippen LogP contribution >= 0.6 is 0 Å². The van der Waals surface area contributed by atoms with Gasteiger partial charge in [0.05, 0.1) is 11.3 Å². The Hall–Kier alpha value is -2.76. The maximum Gasteiger partial charge on any atom is 0.573 e. The first-order valence-corrected chi connectivity index (χ1v) is 8.03. The molecule has 1 aliphatic heterocycles. The van der Waals surface area contributed by atoms with E-state index in [-0.39, 0.29) is 0 Å². The second-order valence-corrected chi connectivity index (χ2v) is 6.64. The summed E-state index contributed by atoms with van der Waals surface area (Å²) in [5.74, 6) is -3.07. The largest absolute Gasteiger partial charge is 0.573 e. The molecule has 1 heterocycles. The van der Waals surface area contributed by atoms with E-state index in [1.165, 1.54) is 0 Å². The zero-order valence-electron chi connectivity index (χ0n) is 12.2. The van der Waals surface area contributed by atoms with Gasteiger partial charge in [-0.2, -0.15) is 0 Å². The Bertz CT molecular complexity index is 821. The molecule has 8 nitrogen and oxygen atoms in total. The highest BCUT2D eigenvalue weighted by Gasteiger charge is 2.37. The number of amides is 1. The van der Waals surface area contributed by atoms with E-state index in [1.54, 1.807) is 0 Å². The Labute approximate surface area is 139 Å². The summed E-state index contributed by atoms with van der Waals surface area (Å²) in [6, 6.07) is 1.96. The third kappa shape index (κ3) is 4.41. The van der Waals surface area contributed by atoms with Crippen molar-refractivity contribution in [2.45, 2.75) is 23.7 Å². The van der Waals surface area contributed by atoms with Gasteiger partial charge in [0.1, 0.15) is 11.8 Å². The standard InChI is InChI=1S/C13H11F3N2O6S/c14-13(15,16)24-8-2-1-3-9(6-8)25(22,23)18-5-4-17-12(21)10(18)7-11(19)20/h1-6,10H,7H2,(H,17,21)(H,19,20). The molecule has 0 fully saturated rings. The fourth-order valence-electron chi connectivity index (χ4n) is 2.06. The minimum absolute atomic E-state index is 0.479. The number of carbonyl (C=O) groups is 2. The van der Waals surface area contributed by atoms with Crippen molar-refractivity contribution in [2.75, 3.05) is 0 Å². The number of nitrogens with one attached hydrogen (secondary N) is 1. The van der Waals surface area contributed by atoms with Gasteiger partial charge >= 0.3 is 12.3 Å². The zero-order valence-corrected chi connectivity index (χ0v) is 13.0. The number of hydrogen-bond acceptors (Lipinski definition) is 5. The Morgan fingerprint density at radius 2 is 2.04 bits per heavy atom. The topological polar surface area (TPSA) is 113 Å². The number of rotatable bonds is 5. The predicted molar refractivity (Wildman–Crippen MR) is 75.5 cm³/mol. The first-order valence-electron chi connectivity index (χ1n) is 6.59. The number of carbonyl (C=O) groups excluding carboxylic acids is 1. The van der Waals surface area contributed by atoms with Crippen LogP contribution in [0.1, 0.15) is 6.42 Å². The molecule has 0 aliphatic carbocycles. The lowest BCUT2D eigenvalue weighted by atomic mass is 10.2. The predicted octanol–water partition coefficient (Wildman–Crippen LogP) is 1.02. The number of carboxylic acids is 1. The fourth-order valence-corrected chi connectivity index (χ4v) is 3.54. The highest BCUT2D eigenvalue weighted by atomic mass is 32.2. The van der Waals surface area contributed by atoms with Crippen molar-refractivity contribution < 1.29 is 41.0 Å². The van der Waals surface area contributed by atoms with Crippen LogP contribution in [0.2, 0.25) is 0 Å². The second kappa shape index (κ2) is 6.63. The molecular weight excluding hydrogens is 369 g/mol. The lowest BCUT2D eigenvalue weighted by Crippen LogP contribution is -2.49. The summed E-state index contributed by atoms with van der Waals surface area (Å²) in [5, 5.41) is 11.0. The molecule has 0 bridgehead atoms. The van der Waals surface area contributed by atoms with Gasteiger partial charge in [-0.1, -0.05) is 6.07 Å². The summed E-state index contributed by atoms with van der Waals surface area (Å²) in [4.78, 5) is 22.0. The van der Waals surface area contributed by atoms with Crippen LogP contribution in [-0.4, -0.2) is 42.1 Å². The molecule has 0 radical (unpaired) electrons. The quantitative estimate of drug-likeness (QED) is 0.789. The van der Waals surface area contributed by atoms with E-state index < -0.39 is 51.4 Å². The fraction of sp³-hybridized carbons (Fsp3) is 0.231. The summed E-state index contributed by atoms with van der Waals surface area (Å²) < 4.78 is 66.2. The minimum atomic E-state index is -5.01. The molecule has 0 saturated heterocycles. The van der Waals surface area contributed by atoms with Crippen molar-refractivity contribution in [2.24, 2.45) is 0 Å². The number of carboxylic acid groups (broad SMARTS) is 1. The Morgan fingerprint density at radius 1 is 1.36 bits per heavy atom. The Morgan fingerprint density at radius 3 is 2.64 bits per heavy atom.